The second-order valence-corrected chi connectivity index (χ2v) is 7.63. The van der Waals surface area contributed by atoms with Crippen LogP contribution in [0, 0.1) is 5.82 Å². The molecule has 1 fully saturated rings. The summed E-state index contributed by atoms with van der Waals surface area (Å²) in [6.07, 6.45) is 2.62. The highest BCUT2D eigenvalue weighted by Crippen LogP contribution is 2.38. The molecule has 0 N–H and O–H groups in total. The molecule has 28 heavy (non-hydrogen) atoms. The Labute approximate surface area is 173 Å². The van der Waals surface area contributed by atoms with Crippen molar-refractivity contribution in [3.05, 3.63) is 58.8 Å². The van der Waals surface area contributed by atoms with Gasteiger partial charge in [0.1, 0.15) is 5.82 Å². The van der Waals surface area contributed by atoms with Gasteiger partial charge in [-0.3, -0.25) is 9.69 Å². The number of benzene rings is 2. The summed E-state index contributed by atoms with van der Waals surface area (Å²) in [5, 5.41) is 0. The number of thioether (sulfide) groups is 1. The van der Waals surface area contributed by atoms with Gasteiger partial charge in [-0.1, -0.05) is 49.1 Å². The largest absolute Gasteiger partial charge is 0.490 e. The Kier molecular flexibility index (Phi) is 6.70. The van der Waals surface area contributed by atoms with Crippen molar-refractivity contribution >= 4 is 46.0 Å². The van der Waals surface area contributed by atoms with Crippen molar-refractivity contribution in [3.63, 3.8) is 0 Å². The number of amides is 1. The van der Waals surface area contributed by atoms with Crippen LogP contribution in [0.15, 0.2) is 47.4 Å². The molecule has 0 aromatic heterocycles. The second-order valence-electron chi connectivity index (χ2n) is 5.96. The summed E-state index contributed by atoms with van der Waals surface area (Å²) in [5.74, 6) is 0.453. The Hall–Kier alpha value is -2.38. The Morgan fingerprint density at radius 3 is 2.64 bits per heavy atom. The fourth-order valence-corrected chi connectivity index (χ4v) is 3.96. The van der Waals surface area contributed by atoms with Crippen molar-refractivity contribution in [3.8, 4) is 11.5 Å². The molecule has 1 saturated heterocycles. The van der Waals surface area contributed by atoms with Crippen molar-refractivity contribution < 1.29 is 18.7 Å². The minimum Gasteiger partial charge on any atom is -0.490 e. The lowest BCUT2D eigenvalue weighted by Crippen LogP contribution is -2.28. The van der Waals surface area contributed by atoms with Gasteiger partial charge in [-0.2, -0.15) is 0 Å². The molecular formula is C21H20FNO3S2. The number of rotatable bonds is 7. The van der Waals surface area contributed by atoms with E-state index < -0.39 is 5.82 Å². The second kappa shape index (κ2) is 9.21. The SMILES string of the molecule is CCCOc1ccc(/C=C2/SC(=S)N(c3ccccc3F)C2=O)cc1OCC. The van der Waals surface area contributed by atoms with E-state index in [2.05, 4.69) is 0 Å². The number of carbonyl (C=O) groups excluding carboxylic acids is 1. The molecule has 0 saturated carbocycles. The van der Waals surface area contributed by atoms with Gasteiger partial charge in [-0.25, -0.2) is 4.39 Å². The fourth-order valence-electron chi connectivity index (χ4n) is 2.67. The zero-order valence-corrected chi connectivity index (χ0v) is 17.2. The first kappa shape index (κ1) is 20.4. The topological polar surface area (TPSA) is 38.8 Å². The molecule has 0 unspecified atom stereocenters. The first-order chi connectivity index (χ1) is 13.5. The molecule has 1 amide bonds. The smallest absolute Gasteiger partial charge is 0.270 e. The predicted octanol–water partition coefficient (Wildman–Crippen LogP) is 5.42. The Balaban J connectivity index is 1.89. The maximum Gasteiger partial charge on any atom is 0.270 e. The molecule has 4 nitrogen and oxygen atoms in total. The monoisotopic (exact) mass is 417 g/mol. The summed E-state index contributed by atoms with van der Waals surface area (Å²) >= 11 is 6.45. The van der Waals surface area contributed by atoms with Crippen molar-refractivity contribution in [2.24, 2.45) is 0 Å². The standard InChI is InChI=1S/C21H20FNO3S2/c1-3-11-26-17-10-9-14(12-18(17)25-4-2)13-19-20(24)23(21(27)28-19)16-8-6-5-7-15(16)22/h5-10,12-13H,3-4,11H2,1-2H3/b19-13+. The van der Waals surface area contributed by atoms with Crippen LogP contribution in [0.3, 0.4) is 0 Å². The third-order valence-corrected chi connectivity index (χ3v) is 5.22. The number of nitrogens with zero attached hydrogens (tertiary/aromatic N) is 1. The van der Waals surface area contributed by atoms with Crippen LogP contribution in [0.1, 0.15) is 25.8 Å². The van der Waals surface area contributed by atoms with Gasteiger partial charge in [0.25, 0.3) is 5.91 Å². The van der Waals surface area contributed by atoms with Crippen molar-refractivity contribution in [2.75, 3.05) is 18.1 Å². The van der Waals surface area contributed by atoms with E-state index in [0.717, 1.165) is 23.7 Å². The molecule has 0 aliphatic carbocycles. The third kappa shape index (κ3) is 4.36. The summed E-state index contributed by atoms with van der Waals surface area (Å²) in [4.78, 5) is 14.5. The molecule has 0 atom stereocenters. The van der Waals surface area contributed by atoms with Crippen molar-refractivity contribution in [1.29, 1.82) is 0 Å². The number of hydrogen-bond donors (Lipinski definition) is 0. The van der Waals surface area contributed by atoms with E-state index >= 15 is 0 Å². The van der Waals surface area contributed by atoms with Gasteiger partial charge >= 0.3 is 0 Å². The molecule has 146 valence electrons. The highest BCUT2D eigenvalue weighted by atomic mass is 32.2. The number of halogens is 1. The lowest BCUT2D eigenvalue weighted by Gasteiger charge is -2.15. The van der Waals surface area contributed by atoms with Crippen LogP contribution < -0.4 is 14.4 Å². The molecule has 7 heteroatoms. The summed E-state index contributed by atoms with van der Waals surface area (Å²) in [5.41, 5.74) is 0.938. The zero-order valence-electron chi connectivity index (χ0n) is 15.6. The fraction of sp³-hybridized carbons (Fsp3) is 0.238. The molecule has 2 aromatic rings. The molecule has 0 radical (unpaired) electrons. The summed E-state index contributed by atoms with van der Waals surface area (Å²) in [6.45, 7) is 5.03. The van der Waals surface area contributed by atoms with Crippen LogP contribution in [-0.2, 0) is 4.79 Å². The van der Waals surface area contributed by atoms with Gasteiger partial charge in [0, 0.05) is 0 Å². The van der Waals surface area contributed by atoms with Gasteiger partial charge in [0.2, 0.25) is 0 Å². The van der Waals surface area contributed by atoms with Crippen LogP contribution in [-0.4, -0.2) is 23.4 Å². The van der Waals surface area contributed by atoms with Gasteiger partial charge in [0.15, 0.2) is 15.8 Å². The van der Waals surface area contributed by atoms with Crippen LogP contribution in [0.2, 0.25) is 0 Å². The van der Waals surface area contributed by atoms with Crippen LogP contribution in [0.4, 0.5) is 10.1 Å². The number of para-hydroxylation sites is 1. The molecule has 0 bridgehead atoms. The van der Waals surface area contributed by atoms with E-state index in [0.29, 0.717) is 33.9 Å². The van der Waals surface area contributed by atoms with Crippen molar-refractivity contribution in [1.82, 2.24) is 0 Å². The first-order valence-corrected chi connectivity index (χ1v) is 10.2. The lowest BCUT2D eigenvalue weighted by atomic mass is 10.1. The van der Waals surface area contributed by atoms with Crippen LogP contribution >= 0.6 is 24.0 Å². The molecule has 1 aliphatic rings. The maximum atomic E-state index is 14.1. The highest BCUT2D eigenvalue weighted by Gasteiger charge is 2.34. The van der Waals surface area contributed by atoms with Crippen LogP contribution in [0.25, 0.3) is 6.08 Å². The quantitative estimate of drug-likeness (QED) is 0.444. The minimum atomic E-state index is -0.490. The molecule has 3 rings (SSSR count). The number of anilines is 1. The number of hydrogen-bond acceptors (Lipinski definition) is 5. The van der Waals surface area contributed by atoms with Crippen LogP contribution in [0.5, 0.6) is 11.5 Å². The van der Waals surface area contributed by atoms with Gasteiger partial charge in [0.05, 0.1) is 23.8 Å². The van der Waals surface area contributed by atoms with Crippen molar-refractivity contribution in [2.45, 2.75) is 20.3 Å². The number of carbonyl (C=O) groups is 1. The number of ether oxygens (including phenoxy) is 2. The zero-order chi connectivity index (χ0) is 20.1. The Bertz CT molecular complexity index is 930. The van der Waals surface area contributed by atoms with Gasteiger partial charge in [-0.05, 0) is 49.2 Å². The average Bonchev–Trinajstić information content (AvgIpc) is 2.95. The van der Waals surface area contributed by atoms with E-state index in [9.17, 15) is 9.18 Å². The van der Waals surface area contributed by atoms with E-state index in [1.165, 1.54) is 17.0 Å². The molecule has 1 heterocycles. The van der Waals surface area contributed by atoms with E-state index in [1.807, 2.05) is 32.0 Å². The first-order valence-electron chi connectivity index (χ1n) is 8.97. The van der Waals surface area contributed by atoms with E-state index in [1.54, 1.807) is 18.2 Å². The van der Waals surface area contributed by atoms with Gasteiger partial charge in [-0.15, -0.1) is 0 Å². The Morgan fingerprint density at radius 2 is 1.93 bits per heavy atom. The van der Waals surface area contributed by atoms with E-state index in [-0.39, 0.29) is 11.6 Å². The third-order valence-electron chi connectivity index (χ3n) is 3.91. The number of thiocarbonyl (C=S) groups is 1. The molecule has 1 aliphatic heterocycles. The summed E-state index contributed by atoms with van der Waals surface area (Å²) in [7, 11) is 0. The van der Waals surface area contributed by atoms with E-state index in [4.69, 9.17) is 21.7 Å². The summed E-state index contributed by atoms with van der Waals surface area (Å²) in [6, 6.07) is 11.6. The molecule has 0 spiro atoms. The summed E-state index contributed by atoms with van der Waals surface area (Å²) < 4.78 is 25.8. The molecule has 2 aromatic carbocycles. The predicted molar refractivity (Wildman–Crippen MR) is 115 cm³/mol. The minimum absolute atomic E-state index is 0.159. The van der Waals surface area contributed by atoms with Gasteiger partial charge < -0.3 is 9.47 Å². The molecular weight excluding hydrogens is 397 g/mol. The highest BCUT2D eigenvalue weighted by molar-refractivity contribution is 8.27. The average molecular weight is 418 g/mol. The Morgan fingerprint density at radius 1 is 1.14 bits per heavy atom. The lowest BCUT2D eigenvalue weighted by molar-refractivity contribution is -0.113. The maximum absolute atomic E-state index is 14.1. The normalized spacial score (nSPS) is 15.4.